The lowest BCUT2D eigenvalue weighted by Crippen LogP contribution is -2.00. The summed E-state index contributed by atoms with van der Waals surface area (Å²) in [5, 5.41) is 10.8. The van der Waals surface area contributed by atoms with Crippen LogP contribution in [0.25, 0.3) is 33.1 Å². The normalized spacial score (nSPS) is 11.0. The first kappa shape index (κ1) is 13.0. The molecule has 0 atom stereocenters. The van der Waals surface area contributed by atoms with E-state index in [1.807, 2.05) is 66.7 Å². The summed E-state index contributed by atoms with van der Waals surface area (Å²) in [5.74, 6) is 0.571. The van der Waals surface area contributed by atoms with Gasteiger partial charge in [-0.25, -0.2) is 0 Å². The van der Waals surface area contributed by atoms with Crippen molar-refractivity contribution >= 4 is 29.6 Å². The van der Waals surface area contributed by atoms with Gasteiger partial charge >= 0.3 is 7.69 Å². The predicted octanol–water partition coefficient (Wildman–Crippen LogP) is 4.16. The van der Waals surface area contributed by atoms with E-state index in [-0.39, 0.29) is 0 Å². The fraction of sp³-hybridized carbons (Fsp3) is 0. The molecule has 1 aromatic heterocycles. The van der Waals surface area contributed by atoms with E-state index in [2.05, 4.69) is 0 Å². The lowest BCUT2D eigenvalue weighted by molar-refractivity contribution is 0.457. The predicted molar refractivity (Wildman–Crippen MR) is 87.8 cm³/mol. The van der Waals surface area contributed by atoms with Crippen LogP contribution in [0, 0.1) is 0 Å². The zero-order valence-electron chi connectivity index (χ0n) is 11.7. The Bertz CT molecular complexity index is 945. The third kappa shape index (κ3) is 1.97. The highest BCUT2D eigenvalue weighted by Crippen LogP contribution is 2.40. The van der Waals surface area contributed by atoms with Gasteiger partial charge in [-0.05, 0) is 23.8 Å². The minimum atomic E-state index is 0.571. The maximum atomic E-state index is 9.00. The number of rotatable bonds is 3. The molecule has 22 heavy (non-hydrogen) atoms. The Morgan fingerprint density at radius 2 is 1.64 bits per heavy atom. The Kier molecular flexibility index (Phi) is 3.09. The van der Waals surface area contributed by atoms with Crippen LogP contribution in [0.3, 0.4) is 0 Å². The summed E-state index contributed by atoms with van der Waals surface area (Å²) < 4.78 is 11.3. The van der Waals surface area contributed by atoms with Crippen LogP contribution in [-0.4, -0.2) is 12.7 Å². The van der Waals surface area contributed by atoms with Crippen molar-refractivity contribution in [3.63, 3.8) is 0 Å². The van der Waals surface area contributed by atoms with E-state index in [1.54, 1.807) is 0 Å². The van der Waals surface area contributed by atoms with E-state index in [0.717, 1.165) is 33.1 Å². The van der Waals surface area contributed by atoms with E-state index in [4.69, 9.17) is 14.1 Å². The van der Waals surface area contributed by atoms with Crippen LogP contribution in [0.5, 0.6) is 5.75 Å². The van der Waals surface area contributed by atoms with Gasteiger partial charge in [0.25, 0.3) is 0 Å². The third-order valence-corrected chi connectivity index (χ3v) is 3.75. The van der Waals surface area contributed by atoms with Crippen LogP contribution in [0.2, 0.25) is 0 Å². The van der Waals surface area contributed by atoms with Gasteiger partial charge in [0.1, 0.15) is 16.9 Å². The summed E-state index contributed by atoms with van der Waals surface area (Å²) in [7, 11) is 0.693. The fourth-order valence-electron chi connectivity index (χ4n) is 2.80. The van der Waals surface area contributed by atoms with Crippen LogP contribution >= 0.6 is 0 Å². The van der Waals surface area contributed by atoms with Gasteiger partial charge in [0, 0.05) is 10.9 Å². The molecule has 3 nitrogen and oxygen atoms in total. The van der Waals surface area contributed by atoms with Crippen molar-refractivity contribution in [2.24, 2.45) is 0 Å². The molecule has 0 unspecified atom stereocenters. The van der Waals surface area contributed by atoms with E-state index < -0.39 is 0 Å². The number of para-hydroxylation sites is 1. The first-order valence-corrected chi connectivity index (χ1v) is 7.00. The average Bonchev–Trinajstić information content (AvgIpc) is 2.96. The van der Waals surface area contributed by atoms with Gasteiger partial charge in [-0.15, -0.1) is 0 Å². The molecule has 0 fully saturated rings. The topological polar surface area (TPSA) is 42.6 Å². The van der Waals surface area contributed by atoms with Crippen LogP contribution in [0.4, 0.5) is 0 Å². The summed E-state index contributed by atoms with van der Waals surface area (Å²) in [6.45, 7) is 0. The Balaban J connectivity index is 2.10. The monoisotopic (exact) mass is 287 g/mol. The molecule has 1 heterocycles. The second kappa shape index (κ2) is 5.24. The van der Waals surface area contributed by atoms with Gasteiger partial charge < -0.3 is 14.1 Å². The largest absolute Gasteiger partial charge is 0.569 e. The number of hydrogen-bond acceptors (Lipinski definition) is 3. The van der Waals surface area contributed by atoms with Crippen LogP contribution < -0.4 is 4.65 Å². The molecule has 4 aromatic rings. The quantitative estimate of drug-likeness (QED) is 0.575. The summed E-state index contributed by atoms with van der Waals surface area (Å²) >= 11 is 0. The Morgan fingerprint density at radius 3 is 2.45 bits per heavy atom. The van der Waals surface area contributed by atoms with E-state index in [1.165, 1.54) is 0 Å². The minimum absolute atomic E-state index is 0.571. The molecule has 0 aliphatic carbocycles. The standard InChI is InChI=1S/C18H12BO3/c20-19-22-16-11-10-13(12-6-2-1-3-7-12)18-17(16)14-8-4-5-9-15(14)21-18/h1-11,20H. The first-order chi connectivity index (χ1) is 10.9. The molecular weight excluding hydrogens is 275 g/mol. The van der Waals surface area contributed by atoms with Crippen LogP contribution in [0.1, 0.15) is 0 Å². The number of hydrogen-bond donors (Lipinski definition) is 1. The van der Waals surface area contributed by atoms with Crippen LogP contribution in [-0.2, 0) is 0 Å². The van der Waals surface area contributed by atoms with Crippen molar-refractivity contribution in [3.8, 4) is 16.9 Å². The fourth-order valence-corrected chi connectivity index (χ4v) is 2.80. The van der Waals surface area contributed by atoms with Crippen molar-refractivity contribution in [3.05, 3.63) is 66.7 Å². The molecule has 1 N–H and O–H groups in total. The van der Waals surface area contributed by atoms with E-state index in [9.17, 15) is 0 Å². The Labute approximate surface area is 128 Å². The summed E-state index contributed by atoms with van der Waals surface area (Å²) in [6, 6.07) is 21.7. The van der Waals surface area contributed by atoms with Gasteiger partial charge in [0.2, 0.25) is 0 Å². The molecule has 0 aliphatic heterocycles. The number of furan rings is 1. The van der Waals surface area contributed by atoms with Gasteiger partial charge in [0.05, 0.1) is 5.39 Å². The zero-order chi connectivity index (χ0) is 14.9. The smallest absolute Gasteiger partial charge is 0.537 e. The van der Waals surface area contributed by atoms with E-state index in [0.29, 0.717) is 13.4 Å². The molecular formula is C18H12BO3. The number of benzene rings is 3. The number of fused-ring (bicyclic) bond motifs is 3. The SMILES string of the molecule is O[B]Oc1ccc(-c2ccccc2)c2oc3ccccc3c12. The maximum absolute atomic E-state index is 9.00. The molecule has 0 spiro atoms. The van der Waals surface area contributed by atoms with E-state index >= 15 is 0 Å². The molecule has 0 aliphatic rings. The highest BCUT2D eigenvalue weighted by atomic mass is 16.5. The molecule has 0 amide bonds. The highest BCUT2D eigenvalue weighted by Gasteiger charge is 2.16. The van der Waals surface area contributed by atoms with Gasteiger partial charge in [-0.3, -0.25) is 0 Å². The summed E-state index contributed by atoms with van der Waals surface area (Å²) in [4.78, 5) is 0. The highest BCUT2D eigenvalue weighted by molar-refractivity contribution is 6.20. The minimum Gasteiger partial charge on any atom is -0.537 e. The van der Waals surface area contributed by atoms with Crippen molar-refractivity contribution in [2.45, 2.75) is 0 Å². The van der Waals surface area contributed by atoms with Crippen LogP contribution in [0.15, 0.2) is 71.1 Å². The zero-order valence-corrected chi connectivity index (χ0v) is 11.7. The summed E-state index contributed by atoms with van der Waals surface area (Å²) in [5.41, 5.74) is 3.62. The average molecular weight is 287 g/mol. The van der Waals surface area contributed by atoms with Crippen molar-refractivity contribution in [1.29, 1.82) is 0 Å². The van der Waals surface area contributed by atoms with Gasteiger partial charge in [-0.2, -0.15) is 0 Å². The maximum Gasteiger partial charge on any atom is 0.569 e. The molecule has 105 valence electrons. The van der Waals surface area contributed by atoms with Crippen molar-refractivity contribution < 1.29 is 14.1 Å². The third-order valence-electron chi connectivity index (χ3n) is 3.75. The van der Waals surface area contributed by atoms with Crippen molar-refractivity contribution in [2.75, 3.05) is 0 Å². The van der Waals surface area contributed by atoms with Gasteiger partial charge in [0.15, 0.2) is 0 Å². The van der Waals surface area contributed by atoms with Crippen molar-refractivity contribution in [1.82, 2.24) is 0 Å². The second-order valence-corrected chi connectivity index (χ2v) is 5.00. The Morgan fingerprint density at radius 1 is 0.864 bits per heavy atom. The molecule has 4 rings (SSSR count). The second-order valence-electron chi connectivity index (χ2n) is 5.00. The molecule has 0 saturated heterocycles. The molecule has 1 radical (unpaired) electrons. The molecule has 3 aromatic carbocycles. The van der Waals surface area contributed by atoms with Gasteiger partial charge in [-0.1, -0.05) is 48.5 Å². The Hall–Kier alpha value is -2.72. The lowest BCUT2D eigenvalue weighted by Gasteiger charge is -2.07. The molecule has 0 bridgehead atoms. The lowest BCUT2D eigenvalue weighted by atomic mass is 10.0. The first-order valence-electron chi connectivity index (χ1n) is 7.00. The molecule has 4 heteroatoms. The molecule has 0 saturated carbocycles. The summed E-state index contributed by atoms with van der Waals surface area (Å²) in [6.07, 6.45) is 0.